The van der Waals surface area contributed by atoms with Crippen LogP contribution in [0, 0.1) is 0 Å². The average molecular weight is 730 g/mol. The molecule has 11 rings (SSSR count). The van der Waals surface area contributed by atoms with Crippen molar-refractivity contribution >= 4 is 38.6 Å². The van der Waals surface area contributed by atoms with Gasteiger partial charge < -0.3 is 4.90 Å². The molecule has 272 valence electrons. The molecule has 57 heavy (non-hydrogen) atoms. The predicted octanol–water partition coefficient (Wildman–Crippen LogP) is 15.4. The first-order valence-electron chi connectivity index (χ1n) is 20.2. The lowest BCUT2D eigenvalue weighted by molar-refractivity contribution is 0.660. The van der Waals surface area contributed by atoms with Gasteiger partial charge in [0.05, 0.1) is 5.69 Å². The molecule has 1 nitrogen and oxygen atoms in total. The van der Waals surface area contributed by atoms with E-state index in [0.717, 1.165) is 17.1 Å². The van der Waals surface area contributed by atoms with Gasteiger partial charge in [-0.15, -0.1) is 0 Å². The molecule has 0 saturated carbocycles. The van der Waals surface area contributed by atoms with Crippen LogP contribution in [0.4, 0.5) is 17.1 Å². The molecule has 0 unspecified atom stereocenters. The average Bonchev–Trinajstić information content (AvgIpc) is 3.63. The zero-order valence-corrected chi connectivity index (χ0v) is 32.8. The summed E-state index contributed by atoms with van der Waals surface area (Å²) in [5.74, 6) is 0. The van der Waals surface area contributed by atoms with Gasteiger partial charge in [-0.2, -0.15) is 0 Å². The third-order valence-electron chi connectivity index (χ3n) is 13.1. The molecule has 1 heteroatoms. The summed E-state index contributed by atoms with van der Waals surface area (Å²) in [7, 11) is 0. The van der Waals surface area contributed by atoms with Gasteiger partial charge >= 0.3 is 0 Å². The van der Waals surface area contributed by atoms with Gasteiger partial charge in [-0.1, -0.05) is 179 Å². The van der Waals surface area contributed by atoms with Crippen LogP contribution in [0.5, 0.6) is 0 Å². The Hall–Kier alpha value is -6.70. The second-order valence-electron chi connectivity index (χ2n) is 16.9. The minimum atomic E-state index is -0.107. The molecule has 0 amide bonds. The highest BCUT2D eigenvalue weighted by molar-refractivity contribution is 6.08. The Morgan fingerprint density at radius 2 is 0.912 bits per heavy atom. The molecule has 0 radical (unpaired) electrons. The van der Waals surface area contributed by atoms with Crippen molar-refractivity contribution in [1.29, 1.82) is 0 Å². The molecule has 0 N–H and O–H groups in total. The van der Waals surface area contributed by atoms with Crippen molar-refractivity contribution < 1.29 is 0 Å². The second kappa shape index (κ2) is 12.4. The summed E-state index contributed by atoms with van der Waals surface area (Å²) < 4.78 is 0. The van der Waals surface area contributed by atoms with Crippen LogP contribution in [-0.2, 0) is 10.8 Å². The second-order valence-corrected chi connectivity index (χ2v) is 16.9. The molecule has 0 aliphatic heterocycles. The van der Waals surface area contributed by atoms with Crippen LogP contribution in [-0.4, -0.2) is 0 Å². The number of hydrogen-bond donors (Lipinski definition) is 0. The van der Waals surface area contributed by atoms with E-state index in [0.29, 0.717) is 0 Å². The summed E-state index contributed by atoms with van der Waals surface area (Å²) in [4.78, 5) is 2.47. The van der Waals surface area contributed by atoms with E-state index in [9.17, 15) is 0 Å². The lowest BCUT2D eigenvalue weighted by Crippen LogP contribution is -2.16. The molecular weight excluding hydrogens is 687 g/mol. The molecule has 0 saturated heterocycles. The highest BCUT2D eigenvalue weighted by Gasteiger charge is 2.38. The first-order valence-corrected chi connectivity index (χ1v) is 20.2. The third kappa shape index (κ3) is 5.02. The van der Waals surface area contributed by atoms with Crippen LogP contribution >= 0.6 is 0 Å². The van der Waals surface area contributed by atoms with E-state index in [1.165, 1.54) is 88.3 Å². The van der Waals surface area contributed by atoms with Gasteiger partial charge in [0.2, 0.25) is 0 Å². The first-order chi connectivity index (χ1) is 27.8. The van der Waals surface area contributed by atoms with Crippen molar-refractivity contribution in [2.45, 2.75) is 38.5 Å². The summed E-state index contributed by atoms with van der Waals surface area (Å²) in [6.07, 6.45) is 0. The van der Waals surface area contributed by atoms with Crippen LogP contribution < -0.4 is 4.90 Å². The molecule has 9 aromatic rings. The molecule has 0 bridgehead atoms. The van der Waals surface area contributed by atoms with Crippen molar-refractivity contribution in [2.24, 2.45) is 0 Å². The van der Waals surface area contributed by atoms with Crippen LogP contribution in [0.2, 0.25) is 0 Å². The van der Waals surface area contributed by atoms with Crippen molar-refractivity contribution in [3.8, 4) is 44.5 Å². The van der Waals surface area contributed by atoms with E-state index in [2.05, 4.69) is 221 Å². The summed E-state index contributed by atoms with van der Waals surface area (Å²) in [6.45, 7) is 9.50. The van der Waals surface area contributed by atoms with Gasteiger partial charge in [0.15, 0.2) is 0 Å². The maximum atomic E-state index is 2.47. The Labute approximate surface area is 335 Å². The fourth-order valence-corrected chi connectivity index (χ4v) is 10.1. The molecule has 0 atom stereocenters. The van der Waals surface area contributed by atoms with Crippen LogP contribution in [0.25, 0.3) is 66.1 Å². The Morgan fingerprint density at radius 3 is 1.74 bits per heavy atom. The van der Waals surface area contributed by atoms with E-state index in [4.69, 9.17) is 0 Å². The predicted molar refractivity (Wildman–Crippen MR) is 242 cm³/mol. The Bertz CT molecular complexity index is 3060. The third-order valence-corrected chi connectivity index (χ3v) is 13.1. The number of nitrogens with zero attached hydrogens (tertiary/aromatic N) is 1. The Kier molecular flexibility index (Phi) is 7.32. The van der Waals surface area contributed by atoms with Gasteiger partial charge in [-0.3, -0.25) is 0 Å². The topological polar surface area (TPSA) is 3.24 Å². The lowest BCUT2D eigenvalue weighted by Gasteiger charge is -2.29. The Balaban J connectivity index is 1.08. The molecule has 0 fully saturated rings. The van der Waals surface area contributed by atoms with E-state index in [1.54, 1.807) is 0 Å². The van der Waals surface area contributed by atoms with Gasteiger partial charge in [-0.05, 0) is 119 Å². The van der Waals surface area contributed by atoms with E-state index in [1.807, 2.05) is 0 Å². The van der Waals surface area contributed by atoms with Crippen LogP contribution in [0.1, 0.15) is 49.9 Å². The largest absolute Gasteiger partial charge is 0.310 e. The zero-order valence-electron chi connectivity index (χ0n) is 32.8. The minimum Gasteiger partial charge on any atom is -0.310 e. The summed E-state index contributed by atoms with van der Waals surface area (Å²) in [6, 6.07) is 70.0. The fourth-order valence-electron chi connectivity index (χ4n) is 10.1. The fraction of sp³-hybridized carbons (Fsp3) is 0.107. The molecule has 9 aromatic carbocycles. The smallest absolute Gasteiger partial charge is 0.0540 e. The molecular formula is C56H43N. The van der Waals surface area contributed by atoms with E-state index >= 15 is 0 Å². The monoisotopic (exact) mass is 729 g/mol. The number of rotatable bonds is 5. The summed E-state index contributed by atoms with van der Waals surface area (Å²) >= 11 is 0. The number of fused-ring (bicyclic) bond motifs is 9. The van der Waals surface area contributed by atoms with Crippen molar-refractivity contribution in [3.05, 3.63) is 210 Å². The Morgan fingerprint density at radius 1 is 0.333 bits per heavy atom. The number of hydrogen-bond acceptors (Lipinski definition) is 1. The molecule has 2 aliphatic rings. The van der Waals surface area contributed by atoms with E-state index in [-0.39, 0.29) is 10.8 Å². The number of anilines is 3. The normalized spacial score (nSPS) is 14.2. The van der Waals surface area contributed by atoms with Crippen molar-refractivity contribution in [1.82, 2.24) is 0 Å². The number of benzene rings is 9. The van der Waals surface area contributed by atoms with Gasteiger partial charge in [-0.25, -0.2) is 0 Å². The maximum absolute atomic E-state index is 2.47. The maximum Gasteiger partial charge on any atom is 0.0540 e. The van der Waals surface area contributed by atoms with E-state index < -0.39 is 0 Å². The van der Waals surface area contributed by atoms with Gasteiger partial charge in [0, 0.05) is 27.6 Å². The highest BCUT2D eigenvalue weighted by Crippen LogP contribution is 2.54. The molecule has 0 spiro atoms. The van der Waals surface area contributed by atoms with Crippen LogP contribution in [0.3, 0.4) is 0 Å². The van der Waals surface area contributed by atoms with Gasteiger partial charge in [0.1, 0.15) is 0 Å². The standard InChI is InChI=1S/C56H43N/c1-55(2)49-21-13-12-19-45(49)46-30-28-41(35-52(46)55)57(40-26-22-37(23-27-40)36-14-6-5-7-15-36)53-33-31-42(44-18-10-11-20-47(44)53)39-24-29-48-51(34-39)56(3,4)50-32-25-38-16-8-9-17-43(38)54(48)50/h5-35H,1-4H3. The lowest BCUT2D eigenvalue weighted by atomic mass is 9.81. The summed E-state index contributed by atoms with van der Waals surface area (Å²) in [5.41, 5.74) is 19.1. The summed E-state index contributed by atoms with van der Waals surface area (Å²) in [5, 5.41) is 5.09. The first kappa shape index (κ1) is 33.6. The van der Waals surface area contributed by atoms with Crippen molar-refractivity contribution in [3.63, 3.8) is 0 Å². The quantitative estimate of drug-likeness (QED) is 0.170. The molecule has 0 heterocycles. The SMILES string of the molecule is CC1(C)c2ccccc2-c2ccc(N(c3ccc(-c4ccccc4)cc3)c3ccc(-c4ccc5c(c4)C(C)(C)c4ccc6ccccc6c4-5)c4ccccc34)cc21. The molecule has 0 aromatic heterocycles. The van der Waals surface area contributed by atoms with Crippen LogP contribution in [0.15, 0.2) is 188 Å². The van der Waals surface area contributed by atoms with Gasteiger partial charge in [0.25, 0.3) is 0 Å². The zero-order chi connectivity index (χ0) is 38.5. The highest BCUT2D eigenvalue weighted by atomic mass is 15.1. The molecule has 2 aliphatic carbocycles. The minimum absolute atomic E-state index is 0.107. The van der Waals surface area contributed by atoms with Crippen molar-refractivity contribution in [2.75, 3.05) is 4.90 Å².